The summed E-state index contributed by atoms with van der Waals surface area (Å²) in [4.78, 5) is 9.02. The van der Waals surface area contributed by atoms with E-state index in [4.69, 9.17) is 0 Å². The van der Waals surface area contributed by atoms with Crippen molar-refractivity contribution in [1.82, 2.24) is 9.88 Å². The van der Waals surface area contributed by atoms with Crippen LogP contribution in [0.2, 0.25) is 0 Å². The van der Waals surface area contributed by atoms with Crippen molar-refractivity contribution in [2.45, 2.75) is 25.0 Å². The Morgan fingerprint density at radius 3 is 2.80 bits per heavy atom. The third kappa shape index (κ3) is 2.99. The summed E-state index contributed by atoms with van der Waals surface area (Å²) in [6.45, 7) is 3.54. The van der Waals surface area contributed by atoms with Crippen molar-refractivity contribution in [3.05, 3.63) is 59.3 Å². The fourth-order valence-electron chi connectivity index (χ4n) is 4.10. The second-order valence-corrected chi connectivity index (χ2v) is 6.78. The molecule has 1 fully saturated rings. The number of aliphatic hydroxyl groups is 1. The van der Waals surface area contributed by atoms with Crippen LogP contribution < -0.4 is 4.90 Å². The van der Waals surface area contributed by atoms with E-state index in [1.807, 2.05) is 24.3 Å². The minimum atomic E-state index is -0.410. The number of nitrogens with zero attached hydrogens (tertiary/aromatic N) is 4. The highest BCUT2D eigenvalue weighted by Crippen LogP contribution is 2.34. The predicted molar refractivity (Wildman–Crippen MR) is 96.2 cm³/mol. The van der Waals surface area contributed by atoms with Crippen LogP contribution in [0.4, 0.5) is 5.82 Å². The molecule has 1 aromatic carbocycles. The Kier molecular flexibility index (Phi) is 4.39. The molecule has 25 heavy (non-hydrogen) atoms. The standard InChI is InChI=1S/C20H22N4O/c21-14-16-6-3-8-22-20(16)24-10-4-9-23(11-12-24)18-13-15-5-1-2-7-17(15)19(18)25/h1-3,5-8,18-19,25H,4,9-13H2. The van der Waals surface area contributed by atoms with Gasteiger partial charge in [-0.15, -0.1) is 0 Å². The first-order chi connectivity index (χ1) is 12.3. The van der Waals surface area contributed by atoms with Crippen LogP contribution in [-0.2, 0) is 6.42 Å². The van der Waals surface area contributed by atoms with Crippen molar-refractivity contribution in [2.75, 3.05) is 31.1 Å². The van der Waals surface area contributed by atoms with Crippen molar-refractivity contribution in [3.8, 4) is 6.07 Å². The number of benzene rings is 1. The summed E-state index contributed by atoms with van der Waals surface area (Å²) in [7, 11) is 0. The lowest BCUT2D eigenvalue weighted by molar-refractivity contribution is 0.0647. The molecule has 5 heteroatoms. The Morgan fingerprint density at radius 1 is 1.08 bits per heavy atom. The van der Waals surface area contributed by atoms with Crippen molar-refractivity contribution in [1.29, 1.82) is 5.26 Å². The van der Waals surface area contributed by atoms with Gasteiger partial charge in [0, 0.05) is 38.4 Å². The molecule has 2 heterocycles. The second-order valence-electron chi connectivity index (χ2n) is 6.78. The van der Waals surface area contributed by atoms with Crippen LogP contribution >= 0.6 is 0 Å². The van der Waals surface area contributed by atoms with Gasteiger partial charge in [-0.3, -0.25) is 4.90 Å². The van der Waals surface area contributed by atoms with Crippen molar-refractivity contribution in [2.24, 2.45) is 0 Å². The molecule has 0 bridgehead atoms. The fourth-order valence-corrected chi connectivity index (χ4v) is 4.10. The van der Waals surface area contributed by atoms with Crippen LogP contribution in [0.25, 0.3) is 0 Å². The number of rotatable bonds is 2. The number of aliphatic hydroxyl groups excluding tert-OH is 1. The zero-order valence-corrected chi connectivity index (χ0v) is 14.2. The van der Waals surface area contributed by atoms with E-state index < -0.39 is 6.10 Å². The van der Waals surface area contributed by atoms with Gasteiger partial charge in [0.2, 0.25) is 0 Å². The van der Waals surface area contributed by atoms with Gasteiger partial charge in [-0.2, -0.15) is 5.26 Å². The van der Waals surface area contributed by atoms with Gasteiger partial charge in [-0.05, 0) is 36.1 Å². The molecule has 4 rings (SSSR count). The molecule has 0 spiro atoms. The van der Waals surface area contributed by atoms with Crippen molar-refractivity contribution < 1.29 is 5.11 Å². The summed E-state index contributed by atoms with van der Waals surface area (Å²) < 4.78 is 0. The normalized spacial score (nSPS) is 23.8. The zero-order valence-electron chi connectivity index (χ0n) is 14.2. The van der Waals surface area contributed by atoms with Crippen LogP contribution in [-0.4, -0.2) is 47.2 Å². The summed E-state index contributed by atoms with van der Waals surface area (Å²) in [5, 5.41) is 20.1. The molecule has 0 saturated carbocycles. The van der Waals surface area contributed by atoms with Gasteiger partial charge < -0.3 is 10.0 Å². The zero-order chi connectivity index (χ0) is 17.2. The second kappa shape index (κ2) is 6.83. The third-order valence-corrected chi connectivity index (χ3v) is 5.37. The summed E-state index contributed by atoms with van der Waals surface area (Å²) in [6, 6.07) is 14.2. The Morgan fingerprint density at radius 2 is 1.96 bits per heavy atom. The van der Waals surface area contributed by atoms with Gasteiger partial charge in [-0.25, -0.2) is 4.98 Å². The lowest BCUT2D eigenvalue weighted by Crippen LogP contribution is -2.41. The molecule has 2 aliphatic rings. The molecule has 0 amide bonds. The van der Waals surface area contributed by atoms with Crippen molar-refractivity contribution >= 4 is 5.82 Å². The summed E-state index contributed by atoms with van der Waals surface area (Å²) in [6.07, 6.45) is 3.24. The average molecular weight is 334 g/mol. The smallest absolute Gasteiger partial charge is 0.146 e. The number of nitriles is 1. The third-order valence-electron chi connectivity index (χ3n) is 5.37. The number of aromatic nitrogens is 1. The first kappa shape index (κ1) is 16.1. The number of fused-ring (bicyclic) bond motifs is 1. The van der Waals surface area contributed by atoms with Crippen molar-refractivity contribution in [3.63, 3.8) is 0 Å². The Balaban J connectivity index is 1.49. The maximum Gasteiger partial charge on any atom is 0.146 e. The van der Waals surface area contributed by atoms with Gasteiger partial charge in [0.05, 0.1) is 11.7 Å². The van der Waals surface area contributed by atoms with Crippen LogP contribution in [0, 0.1) is 11.3 Å². The number of hydrogen-bond donors (Lipinski definition) is 1. The minimum absolute atomic E-state index is 0.150. The Labute approximate surface area is 148 Å². The lowest BCUT2D eigenvalue weighted by Gasteiger charge is -2.30. The van der Waals surface area contributed by atoms with Crippen LogP contribution in [0.15, 0.2) is 42.6 Å². The maximum absolute atomic E-state index is 10.7. The highest BCUT2D eigenvalue weighted by molar-refractivity contribution is 5.53. The quantitative estimate of drug-likeness (QED) is 0.911. The minimum Gasteiger partial charge on any atom is -0.387 e. The highest BCUT2D eigenvalue weighted by atomic mass is 16.3. The van der Waals surface area contributed by atoms with Gasteiger partial charge in [0.15, 0.2) is 0 Å². The molecule has 128 valence electrons. The van der Waals surface area contributed by atoms with Gasteiger partial charge in [0.1, 0.15) is 11.9 Å². The molecule has 2 unspecified atom stereocenters. The number of anilines is 1. The number of hydrogen-bond acceptors (Lipinski definition) is 5. The summed E-state index contributed by atoms with van der Waals surface area (Å²) in [5.41, 5.74) is 2.96. The maximum atomic E-state index is 10.7. The Bertz CT molecular complexity index is 800. The van der Waals surface area contributed by atoms with Gasteiger partial charge >= 0.3 is 0 Å². The fraction of sp³-hybridized carbons (Fsp3) is 0.400. The molecular weight excluding hydrogens is 312 g/mol. The van der Waals surface area contributed by atoms with E-state index >= 15 is 0 Å². The monoisotopic (exact) mass is 334 g/mol. The van der Waals surface area contributed by atoms with E-state index in [0.717, 1.165) is 50.4 Å². The highest BCUT2D eigenvalue weighted by Gasteiger charge is 2.35. The van der Waals surface area contributed by atoms with Gasteiger partial charge in [0.25, 0.3) is 0 Å². The first-order valence-corrected chi connectivity index (χ1v) is 8.88. The molecule has 1 saturated heterocycles. The van der Waals surface area contributed by atoms with Crippen LogP contribution in [0.3, 0.4) is 0 Å². The first-order valence-electron chi connectivity index (χ1n) is 8.88. The molecule has 2 atom stereocenters. The van der Waals surface area contributed by atoms with Gasteiger partial charge in [-0.1, -0.05) is 24.3 Å². The van der Waals surface area contributed by atoms with E-state index in [9.17, 15) is 10.4 Å². The van der Waals surface area contributed by atoms with E-state index in [2.05, 4.69) is 26.9 Å². The predicted octanol–water partition coefficient (Wildman–Crippen LogP) is 2.12. The molecule has 2 aromatic rings. The molecule has 0 radical (unpaired) electrons. The molecule has 1 aliphatic heterocycles. The molecule has 5 nitrogen and oxygen atoms in total. The average Bonchev–Trinajstić information content (AvgIpc) is 2.84. The van der Waals surface area contributed by atoms with Crippen LogP contribution in [0.5, 0.6) is 0 Å². The van der Waals surface area contributed by atoms with E-state index in [1.54, 1.807) is 12.3 Å². The summed E-state index contributed by atoms with van der Waals surface area (Å²) >= 11 is 0. The van der Waals surface area contributed by atoms with E-state index in [0.29, 0.717) is 5.56 Å². The number of pyridine rings is 1. The van der Waals surface area contributed by atoms with E-state index in [1.165, 1.54) is 5.56 Å². The SMILES string of the molecule is N#Cc1cccnc1N1CCCN(C2Cc3ccccc3C2O)CC1. The summed E-state index contributed by atoms with van der Waals surface area (Å²) in [5.74, 6) is 0.780. The molecule has 1 aromatic heterocycles. The molecular formula is C20H22N4O. The Hall–Kier alpha value is -2.42. The van der Waals surface area contributed by atoms with E-state index in [-0.39, 0.29) is 6.04 Å². The lowest BCUT2D eigenvalue weighted by atomic mass is 10.1. The topological polar surface area (TPSA) is 63.4 Å². The van der Waals surface area contributed by atoms with Crippen LogP contribution in [0.1, 0.15) is 29.2 Å². The molecule has 1 aliphatic carbocycles. The largest absolute Gasteiger partial charge is 0.387 e. The molecule has 1 N–H and O–H groups in total.